The first kappa shape index (κ1) is 16.6. The third-order valence-corrected chi connectivity index (χ3v) is 4.12. The van der Waals surface area contributed by atoms with Gasteiger partial charge in [-0.05, 0) is 19.1 Å². The molecule has 7 heteroatoms. The van der Waals surface area contributed by atoms with Crippen LogP contribution in [0.3, 0.4) is 0 Å². The lowest BCUT2D eigenvalue weighted by Gasteiger charge is -2.41. The van der Waals surface area contributed by atoms with E-state index in [1.165, 1.54) is 0 Å². The number of rotatable bonds is 3. The molecule has 1 N–H and O–H groups in total. The van der Waals surface area contributed by atoms with E-state index in [1.807, 2.05) is 16.1 Å². The molecule has 110 valence electrons. The minimum absolute atomic E-state index is 0. The van der Waals surface area contributed by atoms with Gasteiger partial charge in [-0.1, -0.05) is 0 Å². The second-order valence-corrected chi connectivity index (χ2v) is 5.70. The SMILES string of the molecule is CSCC(=O)N1CCCC(N2CCNCC2=O)C1.Cl. The highest BCUT2D eigenvalue weighted by molar-refractivity contribution is 7.99. The lowest BCUT2D eigenvalue weighted by molar-refractivity contribution is -0.139. The maximum atomic E-state index is 11.9. The molecule has 0 aromatic heterocycles. The number of nitrogens with one attached hydrogen (secondary N) is 1. The van der Waals surface area contributed by atoms with Gasteiger partial charge >= 0.3 is 0 Å². The van der Waals surface area contributed by atoms with Crippen molar-refractivity contribution >= 4 is 36.0 Å². The van der Waals surface area contributed by atoms with Gasteiger partial charge in [-0.3, -0.25) is 9.59 Å². The van der Waals surface area contributed by atoms with Crippen molar-refractivity contribution in [1.82, 2.24) is 15.1 Å². The smallest absolute Gasteiger partial charge is 0.236 e. The van der Waals surface area contributed by atoms with Gasteiger partial charge in [0.1, 0.15) is 0 Å². The molecule has 0 saturated carbocycles. The van der Waals surface area contributed by atoms with E-state index in [9.17, 15) is 9.59 Å². The third-order valence-electron chi connectivity index (χ3n) is 3.58. The largest absolute Gasteiger partial charge is 0.340 e. The van der Waals surface area contributed by atoms with Gasteiger partial charge < -0.3 is 15.1 Å². The van der Waals surface area contributed by atoms with Crippen molar-refractivity contribution in [3.05, 3.63) is 0 Å². The van der Waals surface area contributed by atoms with Gasteiger partial charge in [0, 0.05) is 32.2 Å². The maximum Gasteiger partial charge on any atom is 0.236 e. The fraction of sp³-hybridized carbons (Fsp3) is 0.833. The maximum absolute atomic E-state index is 11.9. The molecule has 1 atom stereocenters. The highest BCUT2D eigenvalue weighted by Crippen LogP contribution is 2.17. The number of halogens is 1. The highest BCUT2D eigenvalue weighted by atomic mass is 35.5. The van der Waals surface area contributed by atoms with E-state index >= 15 is 0 Å². The zero-order valence-electron chi connectivity index (χ0n) is 11.3. The van der Waals surface area contributed by atoms with Crippen LogP contribution in [-0.4, -0.2) is 72.4 Å². The molecule has 2 aliphatic heterocycles. The van der Waals surface area contributed by atoms with E-state index < -0.39 is 0 Å². The van der Waals surface area contributed by atoms with Crippen LogP contribution in [0.2, 0.25) is 0 Å². The molecule has 2 amide bonds. The van der Waals surface area contributed by atoms with E-state index in [-0.39, 0.29) is 30.3 Å². The molecule has 2 rings (SSSR count). The first-order valence-electron chi connectivity index (χ1n) is 6.49. The lowest BCUT2D eigenvalue weighted by atomic mass is 10.0. The molecule has 0 aromatic rings. The van der Waals surface area contributed by atoms with Crippen molar-refractivity contribution in [2.45, 2.75) is 18.9 Å². The second kappa shape index (κ2) is 7.97. The first-order chi connectivity index (χ1) is 8.72. The van der Waals surface area contributed by atoms with Crippen molar-refractivity contribution in [2.24, 2.45) is 0 Å². The summed E-state index contributed by atoms with van der Waals surface area (Å²) < 4.78 is 0. The number of nitrogens with zero attached hydrogens (tertiary/aromatic N) is 2. The van der Waals surface area contributed by atoms with Crippen molar-refractivity contribution in [1.29, 1.82) is 0 Å². The Labute approximate surface area is 124 Å². The normalized spacial score (nSPS) is 24.1. The molecule has 0 aromatic carbocycles. The van der Waals surface area contributed by atoms with E-state index in [0.717, 1.165) is 32.5 Å². The summed E-state index contributed by atoms with van der Waals surface area (Å²) in [7, 11) is 0. The Kier molecular flexibility index (Phi) is 6.96. The monoisotopic (exact) mass is 307 g/mol. The van der Waals surface area contributed by atoms with Gasteiger partial charge in [-0.15, -0.1) is 12.4 Å². The van der Waals surface area contributed by atoms with Crippen LogP contribution in [0.4, 0.5) is 0 Å². The van der Waals surface area contributed by atoms with Crippen LogP contribution in [0.25, 0.3) is 0 Å². The van der Waals surface area contributed by atoms with Gasteiger partial charge in [0.05, 0.1) is 12.3 Å². The van der Waals surface area contributed by atoms with Gasteiger partial charge in [-0.25, -0.2) is 0 Å². The zero-order chi connectivity index (χ0) is 13.0. The minimum atomic E-state index is 0. The topological polar surface area (TPSA) is 52.7 Å². The Hall–Kier alpha value is -0.460. The van der Waals surface area contributed by atoms with E-state index in [0.29, 0.717) is 18.8 Å². The van der Waals surface area contributed by atoms with Crippen LogP contribution in [0.1, 0.15) is 12.8 Å². The van der Waals surface area contributed by atoms with E-state index in [1.54, 1.807) is 11.8 Å². The molecular weight excluding hydrogens is 286 g/mol. The summed E-state index contributed by atoms with van der Waals surface area (Å²) in [6.45, 7) is 3.63. The fourth-order valence-corrected chi connectivity index (χ4v) is 3.09. The Morgan fingerprint density at radius 1 is 1.47 bits per heavy atom. The Balaban J connectivity index is 0.00000180. The van der Waals surface area contributed by atoms with Crippen molar-refractivity contribution in [2.75, 3.05) is 44.7 Å². The molecule has 2 aliphatic rings. The summed E-state index contributed by atoms with van der Waals surface area (Å²) in [5, 5.41) is 3.08. The number of carbonyl (C=O) groups is 2. The summed E-state index contributed by atoms with van der Waals surface area (Å²) in [5.74, 6) is 0.919. The molecule has 0 spiro atoms. The second-order valence-electron chi connectivity index (χ2n) is 4.83. The van der Waals surface area contributed by atoms with Crippen LogP contribution in [0, 0.1) is 0 Å². The number of piperazine rings is 1. The predicted molar refractivity (Wildman–Crippen MR) is 79.8 cm³/mol. The summed E-state index contributed by atoms with van der Waals surface area (Å²) in [5.41, 5.74) is 0. The number of amides is 2. The quantitative estimate of drug-likeness (QED) is 0.809. The van der Waals surface area contributed by atoms with Gasteiger partial charge in [0.25, 0.3) is 0 Å². The number of thioether (sulfide) groups is 1. The van der Waals surface area contributed by atoms with Crippen LogP contribution in [0.15, 0.2) is 0 Å². The summed E-state index contributed by atoms with van der Waals surface area (Å²) in [4.78, 5) is 27.6. The summed E-state index contributed by atoms with van der Waals surface area (Å²) in [6, 6.07) is 0.221. The average molecular weight is 308 g/mol. The number of carbonyl (C=O) groups excluding carboxylic acids is 2. The predicted octanol–water partition coefficient (Wildman–Crippen LogP) is 0.194. The minimum Gasteiger partial charge on any atom is -0.340 e. The lowest BCUT2D eigenvalue weighted by Crippen LogP contribution is -2.57. The molecular formula is C12H22ClN3O2S. The van der Waals surface area contributed by atoms with Crippen molar-refractivity contribution in [3.8, 4) is 0 Å². The average Bonchev–Trinajstić information content (AvgIpc) is 2.40. The van der Waals surface area contributed by atoms with Gasteiger partial charge in [0.2, 0.25) is 11.8 Å². The number of likely N-dealkylation sites (tertiary alicyclic amines) is 1. The van der Waals surface area contributed by atoms with E-state index in [4.69, 9.17) is 0 Å². The molecule has 0 radical (unpaired) electrons. The molecule has 1 unspecified atom stereocenters. The molecule has 5 nitrogen and oxygen atoms in total. The standard InChI is InChI=1S/C12H21N3O2S.ClH/c1-18-9-12(17)14-5-2-3-10(8-14)15-6-4-13-7-11(15)16;/h10,13H,2-9H2,1H3;1H. The number of piperidine rings is 1. The van der Waals surface area contributed by atoms with Crippen LogP contribution < -0.4 is 5.32 Å². The third kappa shape index (κ3) is 4.26. The Morgan fingerprint density at radius 3 is 2.95 bits per heavy atom. The van der Waals surface area contributed by atoms with Gasteiger partial charge in [-0.2, -0.15) is 11.8 Å². The summed E-state index contributed by atoms with van der Waals surface area (Å²) >= 11 is 1.56. The van der Waals surface area contributed by atoms with Crippen molar-refractivity contribution < 1.29 is 9.59 Å². The van der Waals surface area contributed by atoms with Crippen LogP contribution in [0.5, 0.6) is 0 Å². The Morgan fingerprint density at radius 2 is 2.26 bits per heavy atom. The van der Waals surface area contributed by atoms with Gasteiger partial charge in [0.15, 0.2) is 0 Å². The highest BCUT2D eigenvalue weighted by Gasteiger charge is 2.31. The number of hydrogen-bond acceptors (Lipinski definition) is 4. The Bertz CT molecular complexity index is 330. The molecule has 0 bridgehead atoms. The van der Waals surface area contributed by atoms with Crippen molar-refractivity contribution in [3.63, 3.8) is 0 Å². The molecule has 0 aliphatic carbocycles. The van der Waals surface area contributed by atoms with Crippen LogP contribution >= 0.6 is 24.2 Å². The first-order valence-corrected chi connectivity index (χ1v) is 7.88. The van der Waals surface area contributed by atoms with Crippen LogP contribution in [-0.2, 0) is 9.59 Å². The summed E-state index contributed by atoms with van der Waals surface area (Å²) in [6.07, 6.45) is 3.97. The zero-order valence-corrected chi connectivity index (χ0v) is 12.9. The molecule has 2 saturated heterocycles. The molecule has 2 heterocycles. The molecule has 2 fully saturated rings. The molecule has 19 heavy (non-hydrogen) atoms. The number of hydrogen-bond donors (Lipinski definition) is 1. The fourth-order valence-electron chi connectivity index (χ4n) is 2.66. The van der Waals surface area contributed by atoms with E-state index in [2.05, 4.69) is 5.32 Å².